The van der Waals surface area contributed by atoms with Crippen molar-refractivity contribution in [3.8, 4) is 61.7 Å². The van der Waals surface area contributed by atoms with E-state index in [9.17, 15) is 4.39 Å². The van der Waals surface area contributed by atoms with Crippen molar-refractivity contribution in [2.24, 2.45) is 5.92 Å². The Balaban J connectivity index is 0.000000198. The Labute approximate surface area is 460 Å². The number of fused-ring (bicyclic) bond motifs is 9. The third-order valence-corrected chi connectivity index (χ3v) is 19.7. The van der Waals surface area contributed by atoms with Crippen LogP contribution in [0, 0.1) is 23.9 Å². The van der Waals surface area contributed by atoms with Gasteiger partial charge in [0.15, 0.2) is 0 Å². The van der Waals surface area contributed by atoms with E-state index in [1.165, 1.54) is 62.5 Å². The average molecular weight is 1220 g/mol. The topological polar surface area (TPSA) is 30.7 Å². The van der Waals surface area contributed by atoms with Crippen molar-refractivity contribution >= 4 is 50.2 Å². The Kier molecular flexibility index (Phi) is 13.3. The zero-order chi connectivity index (χ0) is 52.3. The van der Waals surface area contributed by atoms with Crippen LogP contribution in [-0.4, -0.2) is 27.8 Å². The number of halogens is 1. The quantitative estimate of drug-likeness (QED) is 0.0862. The Morgan fingerprint density at radius 2 is 1.25 bits per heavy atom. The first-order valence-electron chi connectivity index (χ1n) is 27.2. The van der Waals surface area contributed by atoms with Crippen molar-refractivity contribution in [1.29, 1.82) is 0 Å². The van der Waals surface area contributed by atoms with E-state index in [1.807, 2.05) is 12.3 Å². The summed E-state index contributed by atoms with van der Waals surface area (Å²) in [6.45, 7) is 4.64. The minimum atomic E-state index is -2.30. The number of benzene rings is 9. The molecule has 75 heavy (non-hydrogen) atoms. The van der Waals surface area contributed by atoms with Crippen LogP contribution < -0.4 is 4.40 Å². The molecule has 2 heterocycles. The van der Waals surface area contributed by atoms with Gasteiger partial charge in [-0.15, -0.1) is 29.3 Å². The van der Waals surface area contributed by atoms with Crippen molar-refractivity contribution in [3.63, 3.8) is 0 Å². The third-order valence-electron chi connectivity index (χ3n) is 15.4. The predicted octanol–water partition coefficient (Wildman–Crippen LogP) is 17.8. The van der Waals surface area contributed by atoms with Crippen LogP contribution in [0.2, 0.25) is 17.3 Å². The first-order valence-corrected chi connectivity index (χ1v) is 33.5. The molecule has 0 saturated heterocycles. The molecule has 1 fully saturated rings. The molecule has 2 aromatic heterocycles. The molecule has 1 saturated carbocycles. The van der Waals surface area contributed by atoms with E-state index in [2.05, 4.69) is 217 Å². The molecular weight excluding hydrogens is 1150 g/mol. The van der Waals surface area contributed by atoms with E-state index in [4.69, 9.17) is 7.73 Å². The van der Waals surface area contributed by atoms with Gasteiger partial charge in [-0.05, 0) is 50.1 Å². The molecular formula is C69H60FGeIrN3-2. The zero-order valence-electron chi connectivity index (χ0n) is 45.1. The smallest absolute Gasteiger partial charge is 0 e. The van der Waals surface area contributed by atoms with Crippen molar-refractivity contribution in [2.45, 2.75) is 75.0 Å². The number of rotatable bonds is 8. The van der Waals surface area contributed by atoms with Crippen molar-refractivity contribution in [2.75, 3.05) is 0 Å². The standard InChI is InChI=1S/C48H33N2.C21H27FGeN.Ir/c1-48(2)42-24-14-13-21-38(42)41-29-34(26-28-43(41)48)47-49-45-39-22-11-9-19-36(39)37-20-10-12-23-40(37)46(45)50(47)44-30-33(31-15-5-3-6-16-31)25-27-35(44)32-17-7-4-8-18-32;1-23(2,3)20-15-24-21(17-9-11-19(22)12-10-17)14-18(20)13-16-7-5-4-6-8-16;/h3-25,27-30H,1-2H3;9,11-12,14-16H,4-8,13H2,1-3H3;/q2*-1;/i;13D2;. The number of hydrogen-bond acceptors (Lipinski definition) is 2. The summed E-state index contributed by atoms with van der Waals surface area (Å²) >= 11 is -2.30. The molecule has 6 heteroatoms. The van der Waals surface area contributed by atoms with Crippen LogP contribution in [-0.2, 0) is 31.9 Å². The molecule has 1 radical (unpaired) electrons. The molecule has 0 atom stereocenters. The van der Waals surface area contributed by atoms with Crippen LogP contribution in [0.25, 0.3) is 94.3 Å². The monoisotopic (exact) mass is 1220 g/mol. The molecule has 0 amide bonds. The molecule has 3 nitrogen and oxygen atoms in total. The first-order chi connectivity index (χ1) is 36.8. The number of pyridine rings is 1. The van der Waals surface area contributed by atoms with Gasteiger partial charge in [-0.1, -0.05) is 165 Å². The molecule has 0 aliphatic heterocycles. The minimum absolute atomic E-state index is 0. The van der Waals surface area contributed by atoms with Gasteiger partial charge < -0.3 is 4.57 Å². The Morgan fingerprint density at radius 1 is 0.613 bits per heavy atom. The van der Waals surface area contributed by atoms with Gasteiger partial charge in [0.1, 0.15) is 0 Å². The number of hydrogen-bond donors (Lipinski definition) is 0. The van der Waals surface area contributed by atoms with E-state index in [0.29, 0.717) is 11.3 Å². The SMILES string of the molecule is CC1(C)c2c[c-]c(-c3nc4c5ccccc5c5ccccc5c4n3-c3cc(-c4ccccc4)ccc3-c3ccccc3)cc2-c2ccccc21.[2H]C([2H])(c1cc(-c2[c-]cc(F)cc2)nc[c]1[Ge]([CH3])([CH3])[CH3])C1CCCCC1.[Ir]. The second-order valence-electron chi connectivity index (χ2n) is 21.6. The van der Waals surface area contributed by atoms with Crippen molar-refractivity contribution < 1.29 is 27.2 Å². The number of nitrogens with zero attached hydrogens (tertiary/aromatic N) is 3. The zero-order valence-corrected chi connectivity index (χ0v) is 47.6. The summed E-state index contributed by atoms with van der Waals surface area (Å²) in [4.78, 5) is 10.2. The van der Waals surface area contributed by atoms with Gasteiger partial charge in [0.05, 0.1) is 16.9 Å². The molecule has 11 aromatic rings. The van der Waals surface area contributed by atoms with Crippen LogP contribution in [0.1, 0.15) is 65.4 Å². The molecule has 373 valence electrons. The molecule has 0 bridgehead atoms. The van der Waals surface area contributed by atoms with Crippen molar-refractivity contribution in [3.05, 3.63) is 229 Å². The third kappa shape index (κ3) is 9.54. The average Bonchev–Trinajstić information content (AvgIpc) is 4.15. The summed E-state index contributed by atoms with van der Waals surface area (Å²) < 4.78 is 34.7. The molecule has 9 aromatic carbocycles. The molecule has 2 aliphatic rings. The van der Waals surface area contributed by atoms with Gasteiger partial charge >= 0.3 is 151 Å². The van der Waals surface area contributed by atoms with Gasteiger partial charge in [0, 0.05) is 42.1 Å². The fraction of sp³-hybridized carbons (Fsp3) is 0.188. The number of aromatic nitrogens is 3. The fourth-order valence-corrected chi connectivity index (χ4v) is 14.6. The van der Waals surface area contributed by atoms with Crippen molar-refractivity contribution in [1.82, 2.24) is 14.5 Å². The van der Waals surface area contributed by atoms with Crippen LogP contribution >= 0.6 is 0 Å². The Morgan fingerprint density at radius 3 is 1.96 bits per heavy atom. The normalized spacial score (nSPS) is 14.6. The van der Waals surface area contributed by atoms with Crippen LogP contribution in [0.5, 0.6) is 0 Å². The van der Waals surface area contributed by atoms with Crippen LogP contribution in [0.3, 0.4) is 0 Å². The fourth-order valence-electron chi connectivity index (χ4n) is 11.6. The maximum absolute atomic E-state index is 13.2. The Hall–Kier alpha value is -6.76. The summed E-state index contributed by atoms with van der Waals surface area (Å²) in [7, 11) is 0. The predicted molar refractivity (Wildman–Crippen MR) is 311 cm³/mol. The van der Waals surface area contributed by atoms with Crippen LogP contribution in [0.4, 0.5) is 4.39 Å². The maximum Gasteiger partial charge on any atom is 0 e. The minimum Gasteiger partial charge on any atom is 0 e. The Bertz CT molecular complexity index is 3970. The van der Waals surface area contributed by atoms with E-state index < -0.39 is 19.6 Å². The molecule has 13 rings (SSSR count). The van der Waals surface area contributed by atoms with Crippen LogP contribution in [0.15, 0.2) is 194 Å². The second-order valence-corrected chi connectivity index (χ2v) is 32.2. The maximum atomic E-state index is 13.2. The summed E-state index contributed by atoms with van der Waals surface area (Å²) in [6, 6.07) is 72.1. The van der Waals surface area contributed by atoms with E-state index in [-0.39, 0.29) is 37.3 Å². The largest absolute Gasteiger partial charge is 0 e. The summed E-state index contributed by atoms with van der Waals surface area (Å²) in [6.07, 6.45) is 5.85. The number of imidazole rings is 1. The first kappa shape index (κ1) is 47.9. The van der Waals surface area contributed by atoms with Gasteiger partial charge in [-0.2, -0.15) is 0 Å². The molecule has 2 aliphatic carbocycles. The summed E-state index contributed by atoms with van der Waals surface area (Å²) in [5.41, 5.74) is 16.1. The van der Waals surface area contributed by atoms with E-state index in [0.717, 1.165) is 85.8 Å². The second kappa shape index (κ2) is 20.8. The molecule has 0 N–H and O–H groups in total. The van der Waals surface area contributed by atoms with Gasteiger partial charge in [0.2, 0.25) is 0 Å². The van der Waals surface area contributed by atoms with Gasteiger partial charge in [0.25, 0.3) is 0 Å². The van der Waals surface area contributed by atoms with E-state index in [1.54, 1.807) is 6.07 Å². The molecule has 0 unspecified atom stereocenters. The van der Waals surface area contributed by atoms with Gasteiger partial charge in [-0.3, -0.25) is 4.98 Å². The van der Waals surface area contributed by atoms with E-state index >= 15 is 0 Å². The summed E-state index contributed by atoms with van der Waals surface area (Å²) in [5.74, 6) is 7.46. The van der Waals surface area contributed by atoms with Gasteiger partial charge in [-0.25, -0.2) is 0 Å². The summed E-state index contributed by atoms with van der Waals surface area (Å²) in [5, 5.41) is 4.75. The molecule has 0 spiro atoms.